The number of para-hydroxylation sites is 1. The molecule has 0 atom stereocenters. The van der Waals surface area contributed by atoms with Crippen LogP contribution in [0, 0.1) is 4.77 Å². The van der Waals surface area contributed by atoms with Crippen molar-refractivity contribution >= 4 is 33.3 Å². The highest BCUT2D eigenvalue weighted by Gasteiger charge is 2.09. The summed E-state index contributed by atoms with van der Waals surface area (Å²) in [6.07, 6.45) is 1.13. The zero-order valence-corrected chi connectivity index (χ0v) is 13.0. The predicted molar refractivity (Wildman–Crippen MR) is 81.1 cm³/mol. The zero-order chi connectivity index (χ0) is 14.8. The maximum Gasteiger partial charge on any atom is 0.208 e. The molecule has 0 saturated heterocycles. The molecule has 0 aliphatic heterocycles. The van der Waals surface area contributed by atoms with Gasteiger partial charge in [0.05, 0.1) is 18.4 Å². The Morgan fingerprint density at radius 3 is 2.85 bits per heavy atom. The molecule has 0 fully saturated rings. The third-order valence-electron chi connectivity index (χ3n) is 2.77. The molecule has 0 aliphatic carbocycles. The maximum absolute atomic E-state index is 11.1. The lowest BCUT2D eigenvalue weighted by Crippen LogP contribution is -2.26. The fraction of sp³-hybridized carbons (Fsp3) is 0.417. The molecule has 0 bridgehead atoms. The summed E-state index contributed by atoms with van der Waals surface area (Å²) in [5.41, 5.74) is 1.73. The minimum Gasteiger partial charge on any atom is -0.492 e. The van der Waals surface area contributed by atoms with E-state index in [0.29, 0.717) is 24.5 Å². The van der Waals surface area contributed by atoms with Crippen molar-refractivity contribution in [3.63, 3.8) is 0 Å². The quantitative estimate of drug-likeness (QED) is 0.795. The van der Waals surface area contributed by atoms with Gasteiger partial charge in [-0.05, 0) is 31.3 Å². The van der Waals surface area contributed by atoms with Gasteiger partial charge in [-0.3, -0.25) is 0 Å². The van der Waals surface area contributed by atoms with Crippen LogP contribution in [-0.2, 0) is 16.6 Å². The summed E-state index contributed by atoms with van der Waals surface area (Å²) in [6.45, 7) is 3.24. The first-order chi connectivity index (χ1) is 9.42. The number of imidazole rings is 1. The Balaban J connectivity index is 2.32. The Labute approximate surface area is 122 Å². The number of aromatic amines is 1. The average molecular weight is 315 g/mol. The Morgan fingerprint density at radius 1 is 1.45 bits per heavy atom. The molecule has 110 valence electrons. The Hall–Kier alpha value is -1.38. The van der Waals surface area contributed by atoms with E-state index < -0.39 is 10.0 Å². The van der Waals surface area contributed by atoms with Crippen LogP contribution in [0.5, 0.6) is 5.75 Å². The molecule has 0 spiro atoms. The van der Waals surface area contributed by atoms with Gasteiger partial charge < -0.3 is 14.3 Å². The number of hydrogen-bond acceptors (Lipinski definition) is 4. The number of sulfonamides is 1. The van der Waals surface area contributed by atoms with E-state index in [1.54, 1.807) is 0 Å². The van der Waals surface area contributed by atoms with E-state index in [1.165, 1.54) is 0 Å². The van der Waals surface area contributed by atoms with Gasteiger partial charge in [0.1, 0.15) is 11.3 Å². The molecule has 20 heavy (non-hydrogen) atoms. The highest BCUT2D eigenvalue weighted by molar-refractivity contribution is 7.88. The molecule has 0 radical (unpaired) electrons. The fourth-order valence-electron chi connectivity index (χ4n) is 1.99. The van der Waals surface area contributed by atoms with Crippen molar-refractivity contribution in [2.45, 2.75) is 13.5 Å². The van der Waals surface area contributed by atoms with E-state index in [9.17, 15) is 8.42 Å². The molecule has 0 aliphatic rings. The van der Waals surface area contributed by atoms with Crippen molar-refractivity contribution in [3.8, 4) is 5.75 Å². The minimum atomic E-state index is -3.19. The first kappa shape index (κ1) is 15.0. The molecule has 1 aromatic heterocycles. The van der Waals surface area contributed by atoms with Crippen LogP contribution in [0.3, 0.4) is 0 Å². The summed E-state index contributed by atoms with van der Waals surface area (Å²) in [5.74, 6) is 0.742. The van der Waals surface area contributed by atoms with Gasteiger partial charge in [0.25, 0.3) is 0 Å². The molecule has 0 amide bonds. The van der Waals surface area contributed by atoms with Crippen molar-refractivity contribution < 1.29 is 13.2 Å². The van der Waals surface area contributed by atoms with Crippen LogP contribution in [0.15, 0.2) is 18.2 Å². The number of hydrogen-bond donors (Lipinski definition) is 2. The molecule has 2 rings (SSSR count). The summed E-state index contributed by atoms with van der Waals surface area (Å²) in [7, 11) is -3.19. The number of H-pyrrole nitrogens is 1. The van der Waals surface area contributed by atoms with Crippen molar-refractivity contribution in [3.05, 3.63) is 23.0 Å². The summed E-state index contributed by atoms with van der Waals surface area (Å²) < 4.78 is 32.5. The largest absolute Gasteiger partial charge is 0.492 e. The normalized spacial score (nSPS) is 11.9. The number of rotatable bonds is 6. The van der Waals surface area contributed by atoms with E-state index in [2.05, 4.69) is 9.71 Å². The van der Waals surface area contributed by atoms with E-state index in [4.69, 9.17) is 17.0 Å². The van der Waals surface area contributed by atoms with E-state index >= 15 is 0 Å². The van der Waals surface area contributed by atoms with Crippen molar-refractivity contribution in [2.24, 2.45) is 0 Å². The summed E-state index contributed by atoms with van der Waals surface area (Å²) in [4.78, 5) is 3.10. The number of ether oxygens (including phenoxy) is 1. The standard InChI is InChI=1S/C12H17N3O3S2/c1-3-18-10-6-4-5-9-11(10)14-12(19)15(9)8-7-13-20(2,16)17/h4-6,13H,3,7-8H2,1-2H3,(H,14,19). The summed E-state index contributed by atoms with van der Waals surface area (Å²) in [5, 5.41) is 0. The molecule has 1 aromatic carbocycles. The molecule has 0 unspecified atom stereocenters. The predicted octanol–water partition coefficient (Wildman–Crippen LogP) is 1.65. The van der Waals surface area contributed by atoms with Gasteiger partial charge in [-0.15, -0.1) is 0 Å². The van der Waals surface area contributed by atoms with Gasteiger partial charge >= 0.3 is 0 Å². The Morgan fingerprint density at radius 2 is 2.20 bits per heavy atom. The molecular weight excluding hydrogens is 298 g/mol. The van der Waals surface area contributed by atoms with Crippen LogP contribution >= 0.6 is 12.2 Å². The number of aromatic nitrogens is 2. The second-order valence-corrected chi connectivity index (χ2v) is 6.55. The molecule has 0 saturated carbocycles. The van der Waals surface area contributed by atoms with Crippen LogP contribution in [0.4, 0.5) is 0 Å². The van der Waals surface area contributed by atoms with Crippen molar-refractivity contribution in [1.82, 2.24) is 14.3 Å². The molecule has 1 heterocycles. The third-order valence-corrected chi connectivity index (χ3v) is 3.82. The lowest BCUT2D eigenvalue weighted by Gasteiger charge is -2.07. The second-order valence-electron chi connectivity index (χ2n) is 4.33. The molecule has 2 aromatic rings. The Bertz CT molecular complexity index is 762. The summed E-state index contributed by atoms with van der Waals surface area (Å²) in [6, 6.07) is 5.68. The maximum atomic E-state index is 11.1. The van der Waals surface area contributed by atoms with Crippen molar-refractivity contribution in [1.29, 1.82) is 0 Å². The minimum absolute atomic E-state index is 0.291. The number of benzene rings is 1. The van der Waals surface area contributed by atoms with Gasteiger partial charge in [0.15, 0.2) is 4.77 Å². The monoisotopic (exact) mass is 315 g/mol. The number of nitrogens with zero attached hydrogens (tertiary/aromatic N) is 1. The Kier molecular flexibility index (Phi) is 4.46. The van der Waals surface area contributed by atoms with E-state index in [-0.39, 0.29) is 0 Å². The first-order valence-corrected chi connectivity index (χ1v) is 8.51. The van der Waals surface area contributed by atoms with Crippen LogP contribution in [0.25, 0.3) is 11.0 Å². The number of fused-ring (bicyclic) bond motifs is 1. The van der Waals surface area contributed by atoms with Gasteiger partial charge in [-0.25, -0.2) is 13.1 Å². The highest BCUT2D eigenvalue weighted by Crippen LogP contribution is 2.24. The molecule has 2 N–H and O–H groups in total. The van der Waals surface area contributed by atoms with Crippen LogP contribution in [-0.4, -0.2) is 37.4 Å². The average Bonchev–Trinajstić information content (AvgIpc) is 2.66. The SMILES string of the molecule is CCOc1cccc2c1[nH]c(=S)n2CCNS(C)(=O)=O. The highest BCUT2D eigenvalue weighted by atomic mass is 32.2. The van der Waals surface area contributed by atoms with E-state index in [1.807, 2.05) is 29.7 Å². The van der Waals surface area contributed by atoms with Gasteiger partial charge in [0, 0.05) is 13.1 Å². The lowest BCUT2D eigenvalue weighted by molar-refractivity contribution is 0.343. The zero-order valence-electron chi connectivity index (χ0n) is 11.3. The van der Waals surface area contributed by atoms with Crippen molar-refractivity contribution in [2.75, 3.05) is 19.4 Å². The first-order valence-electron chi connectivity index (χ1n) is 6.21. The molecule has 6 nitrogen and oxygen atoms in total. The smallest absolute Gasteiger partial charge is 0.208 e. The van der Waals surface area contributed by atoms with Gasteiger partial charge in [0.2, 0.25) is 10.0 Å². The lowest BCUT2D eigenvalue weighted by atomic mass is 10.3. The van der Waals surface area contributed by atoms with Gasteiger partial charge in [-0.1, -0.05) is 6.07 Å². The third kappa shape index (κ3) is 3.38. The van der Waals surface area contributed by atoms with Gasteiger partial charge in [-0.2, -0.15) is 0 Å². The molecular formula is C12H17N3O3S2. The second kappa shape index (κ2) is 5.94. The number of nitrogens with one attached hydrogen (secondary N) is 2. The molecule has 8 heteroatoms. The van der Waals surface area contributed by atoms with Crippen LogP contribution in [0.2, 0.25) is 0 Å². The topological polar surface area (TPSA) is 76.1 Å². The van der Waals surface area contributed by atoms with Crippen LogP contribution < -0.4 is 9.46 Å². The van der Waals surface area contributed by atoms with E-state index in [0.717, 1.165) is 23.0 Å². The van der Waals surface area contributed by atoms with Crippen LogP contribution in [0.1, 0.15) is 6.92 Å². The summed E-state index contributed by atoms with van der Waals surface area (Å²) >= 11 is 5.28. The fourth-order valence-corrected chi connectivity index (χ4v) is 2.75.